The minimum Gasteiger partial charge on any atom is -0.414 e. The summed E-state index contributed by atoms with van der Waals surface area (Å²) in [4.78, 5) is 10.8. The first-order valence-corrected chi connectivity index (χ1v) is 5.57. The fourth-order valence-corrected chi connectivity index (χ4v) is 1.33. The Morgan fingerprint density at radius 1 is 1.67 bits per heavy atom. The molecule has 12 heteroatoms. The second-order valence-corrected chi connectivity index (χ2v) is 4.19. The minimum absolute atomic E-state index is 0.376. The number of ether oxygens (including phenoxy) is 1. The molecule has 1 aliphatic rings. The van der Waals surface area contributed by atoms with Gasteiger partial charge in [0.2, 0.25) is 6.29 Å². The molecular formula is C3H5FN2O7S2. The predicted molar refractivity (Wildman–Crippen MR) is 41.5 cm³/mol. The first kappa shape index (κ1) is 12.3. The highest BCUT2D eigenvalue weighted by molar-refractivity contribution is 7.84. The summed E-state index contributed by atoms with van der Waals surface area (Å²) in [6, 6.07) is 0. The van der Waals surface area contributed by atoms with Crippen LogP contribution in [0.3, 0.4) is 0 Å². The number of hydrazine groups is 1. The third-order valence-corrected chi connectivity index (χ3v) is 2.45. The van der Waals surface area contributed by atoms with Crippen molar-refractivity contribution in [3.63, 3.8) is 0 Å². The third kappa shape index (κ3) is 3.35. The van der Waals surface area contributed by atoms with Gasteiger partial charge in [-0.15, -0.1) is 4.41 Å². The minimum atomic E-state index is -5.39. The molecule has 1 heterocycles. The molecule has 0 saturated carbocycles. The lowest BCUT2D eigenvalue weighted by molar-refractivity contribution is -0.0238. The molecule has 0 radical (unpaired) electrons. The molecule has 88 valence electrons. The van der Waals surface area contributed by atoms with Gasteiger partial charge in [-0.3, -0.25) is 4.18 Å². The van der Waals surface area contributed by atoms with Crippen molar-refractivity contribution in [1.29, 1.82) is 0 Å². The highest BCUT2D eigenvalue weighted by Crippen LogP contribution is 2.11. The van der Waals surface area contributed by atoms with Crippen LogP contribution in [0, 0.1) is 0 Å². The van der Waals surface area contributed by atoms with Gasteiger partial charge in [-0.25, -0.2) is 14.8 Å². The van der Waals surface area contributed by atoms with E-state index >= 15 is 0 Å². The maximum atomic E-state index is 12.1. The van der Waals surface area contributed by atoms with Crippen molar-refractivity contribution < 1.29 is 34.4 Å². The summed E-state index contributed by atoms with van der Waals surface area (Å²) < 4.78 is 54.8. The molecule has 9 nitrogen and oxygen atoms in total. The Balaban J connectivity index is 2.53. The van der Waals surface area contributed by atoms with Gasteiger partial charge < -0.3 is 4.74 Å². The Kier molecular flexibility index (Phi) is 3.56. The van der Waals surface area contributed by atoms with Crippen LogP contribution in [0.1, 0.15) is 0 Å². The smallest absolute Gasteiger partial charge is 0.414 e. The van der Waals surface area contributed by atoms with E-state index in [0.717, 1.165) is 0 Å². The van der Waals surface area contributed by atoms with E-state index in [1.54, 1.807) is 0 Å². The highest BCUT2D eigenvalue weighted by Gasteiger charge is 2.32. The maximum absolute atomic E-state index is 12.1. The average molecular weight is 264 g/mol. The molecule has 0 aliphatic carbocycles. The first-order valence-electron chi connectivity index (χ1n) is 3.23. The fourth-order valence-electron chi connectivity index (χ4n) is 0.561. The molecule has 0 aromatic carbocycles. The van der Waals surface area contributed by atoms with Gasteiger partial charge in [0.15, 0.2) is 0 Å². The van der Waals surface area contributed by atoms with Gasteiger partial charge in [-0.1, -0.05) is 3.89 Å². The Morgan fingerprint density at radius 2 is 2.27 bits per heavy atom. The van der Waals surface area contributed by atoms with Gasteiger partial charge >= 0.3 is 27.9 Å². The Morgan fingerprint density at radius 3 is 2.67 bits per heavy atom. The van der Waals surface area contributed by atoms with E-state index in [4.69, 9.17) is 0 Å². The van der Waals surface area contributed by atoms with E-state index in [2.05, 4.69) is 18.9 Å². The lowest BCUT2D eigenvalue weighted by Crippen LogP contribution is -2.42. The van der Waals surface area contributed by atoms with Crippen LogP contribution in [0.4, 0.5) is 8.68 Å². The lowest BCUT2D eigenvalue weighted by Gasteiger charge is -2.13. The van der Waals surface area contributed by atoms with Crippen molar-refractivity contribution in [1.82, 2.24) is 4.41 Å². The van der Waals surface area contributed by atoms with Crippen molar-refractivity contribution in [2.24, 2.45) is 5.84 Å². The van der Waals surface area contributed by atoms with E-state index in [1.165, 1.54) is 0 Å². The maximum Gasteiger partial charge on any atom is 0.443 e. The predicted octanol–water partition coefficient (Wildman–Crippen LogP) is -1.54. The molecule has 1 fully saturated rings. The normalized spacial score (nSPS) is 26.3. The number of nitrogens with zero attached hydrogens (tertiary/aromatic N) is 1. The zero-order valence-electron chi connectivity index (χ0n) is 6.86. The summed E-state index contributed by atoms with van der Waals surface area (Å²) in [5, 5.41) is 0. The van der Waals surface area contributed by atoms with Crippen molar-refractivity contribution in [2.45, 2.75) is 6.29 Å². The van der Waals surface area contributed by atoms with E-state index < -0.39 is 38.6 Å². The number of halogens is 1. The lowest BCUT2D eigenvalue weighted by atomic mass is 10.7. The van der Waals surface area contributed by atoms with Gasteiger partial charge in [0.05, 0.1) is 0 Å². The molecule has 1 rings (SSSR count). The average Bonchev–Trinajstić information content (AvgIpc) is 2.48. The summed E-state index contributed by atoms with van der Waals surface area (Å²) in [6.07, 6.45) is -3.11. The molecule has 1 aliphatic heterocycles. The van der Waals surface area contributed by atoms with Crippen molar-refractivity contribution >= 4 is 27.9 Å². The number of carbonyl (C=O) groups excluding carboxylic acids is 1. The van der Waals surface area contributed by atoms with E-state index in [0.29, 0.717) is 0 Å². The molecule has 15 heavy (non-hydrogen) atoms. The van der Waals surface area contributed by atoms with Crippen LogP contribution in [0.2, 0.25) is 0 Å². The number of hydrogen-bond donors (Lipinski definition) is 1. The third-order valence-electron chi connectivity index (χ3n) is 1.13. The van der Waals surface area contributed by atoms with Crippen molar-refractivity contribution in [3.8, 4) is 0 Å². The zero-order chi connectivity index (χ0) is 11.6. The number of amides is 1. The Bertz CT molecular complexity index is 382. The standard InChI is InChI=1S/C3H5FN2O7S2/c4-15(9,10)6(5)3(7)12-2-1-11-14(8)13-2/h2H,1,5H2. The molecule has 1 saturated heterocycles. The largest absolute Gasteiger partial charge is 0.443 e. The van der Waals surface area contributed by atoms with Crippen LogP contribution in [-0.2, 0) is 34.9 Å². The molecule has 2 atom stereocenters. The molecular weight excluding hydrogens is 259 g/mol. The first-order chi connectivity index (χ1) is 6.80. The Labute approximate surface area is 86.0 Å². The fraction of sp³-hybridized carbons (Fsp3) is 0.667. The number of carbonyl (C=O) groups is 1. The summed E-state index contributed by atoms with van der Waals surface area (Å²) in [5.41, 5.74) is 0. The van der Waals surface area contributed by atoms with Crippen molar-refractivity contribution in [3.05, 3.63) is 0 Å². The Hall–Kier alpha value is -0.820. The van der Waals surface area contributed by atoms with Crippen LogP contribution in [0.5, 0.6) is 0 Å². The molecule has 1 amide bonds. The van der Waals surface area contributed by atoms with Gasteiger partial charge in [0.1, 0.15) is 6.61 Å². The second kappa shape index (κ2) is 4.36. The molecule has 2 unspecified atom stereocenters. The monoisotopic (exact) mass is 264 g/mol. The van der Waals surface area contributed by atoms with E-state index in [1.807, 2.05) is 0 Å². The topological polar surface area (TPSA) is 125 Å². The number of rotatable bonds is 2. The summed E-state index contributed by atoms with van der Waals surface area (Å²) in [7, 11) is -5.39. The van der Waals surface area contributed by atoms with Crippen LogP contribution in [-0.4, -0.2) is 36.0 Å². The van der Waals surface area contributed by atoms with Gasteiger partial charge in [0.25, 0.3) is 0 Å². The van der Waals surface area contributed by atoms with E-state index in [-0.39, 0.29) is 6.61 Å². The van der Waals surface area contributed by atoms with Crippen LogP contribution < -0.4 is 5.84 Å². The second-order valence-electron chi connectivity index (χ2n) is 2.14. The quantitative estimate of drug-likeness (QED) is 0.275. The summed E-state index contributed by atoms with van der Waals surface area (Å²) >= 11 is -2.08. The van der Waals surface area contributed by atoms with Crippen molar-refractivity contribution in [2.75, 3.05) is 6.61 Å². The van der Waals surface area contributed by atoms with Gasteiger partial charge in [-0.2, -0.15) is 12.6 Å². The molecule has 0 aromatic rings. The zero-order valence-corrected chi connectivity index (χ0v) is 8.49. The highest BCUT2D eigenvalue weighted by atomic mass is 32.3. The van der Waals surface area contributed by atoms with Crippen LogP contribution in [0.25, 0.3) is 0 Å². The molecule has 0 aromatic heterocycles. The van der Waals surface area contributed by atoms with E-state index in [9.17, 15) is 21.3 Å². The number of nitrogens with two attached hydrogens (primary N) is 1. The molecule has 0 bridgehead atoms. The summed E-state index contributed by atoms with van der Waals surface area (Å²) in [5.74, 6) is 4.53. The molecule has 0 spiro atoms. The molecule has 2 N–H and O–H groups in total. The van der Waals surface area contributed by atoms with Crippen LogP contribution in [0.15, 0.2) is 0 Å². The van der Waals surface area contributed by atoms with Gasteiger partial charge in [0, 0.05) is 0 Å². The number of hydrogen-bond acceptors (Lipinski definition) is 8. The van der Waals surface area contributed by atoms with Crippen LogP contribution >= 0.6 is 0 Å². The SMILES string of the molecule is NN(C(=O)OC1COS(=O)O1)S(=O)(=O)F. The summed E-state index contributed by atoms with van der Waals surface area (Å²) in [6.45, 7) is -0.376. The van der Waals surface area contributed by atoms with Gasteiger partial charge in [-0.05, 0) is 0 Å².